The van der Waals surface area contributed by atoms with E-state index in [4.69, 9.17) is 19.4 Å². The molecule has 0 saturated heterocycles. The van der Waals surface area contributed by atoms with Crippen LogP contribution in [0.5, 0.6) is 0 Å². The monoisotopic (exact) mass is 697 g/mol. The fourth-order valence-electron chi connectivity index (χ4n) is 8.28. The van der Waals surface area contributed by atoms with Crippen LogP contribution in [0.2, 0.25) is 0 Å². The summed E-state index contributed by atoms with van der Waals surface area (Å²) in [7, 11) is 0. The predicted molar refractivity (Wildman–Crippen MR) is 219 cm³/mol. The summed E-state index contributed by atoms with van der Waals surface area (Å²) < 4.78 is 8.97. The van der Waals surface area contributed by atoms with E-state index in [1.807, 2.05) is 30.3 Å². The van der Waals surface area contributed by atoms with E-state index in [1.165, 1.54) is 48.0 Å². The minimum atomic E-state index is -0.0735. The second-order valence-electron chi connectivity index (χ2n) is 14.4. The Hall–Kier alpha value is -6.43. The van der Waals surface area contributed by atoms with Crippen LogP contribution < -0.4 is 0 Å². The van der Waals surface area contributed by atoms with Gasteiger partial charge in [0.1, 0.15) is 11.2 Å². The summed E-state index contributed by atoms with van der Waals surface area (Å²) in [5, 5.41) is 4.54. The predicted octanol–water partition coefficient (Wildman–Crippen LogP) is 13.1. The second-order valence-corrected chi connectivity index (χ2v) is 15.5. The van der Waals surface area contributed by atoms with Gasteiger partial charge in [-0.05, 0) is 69.8 Å². The van der Waals surface area contributed by atoms with Crippen LogP contribution in [0.4, 0.5) is 0 Å². The normalized spacial score (nSPS) is 13.2. The molecule has 0 aliphatic heterocycles. The summed E-state index contributed by atoms with van der Waals surface area (Å²) >= 11 is 1.80. The van der Waals surface area contributed by atoms with Gasteiger partial charge in [0, 0.05) is 53.1 Å². The number of rotatable bonds is 4. The van der Waals surface area contributed by atoms with Crippen LogP contribution in [0, 0.1) is 0 Å². The van der Waals surface area contributed by atoms with Crippen LogP contribution in [0.3, 0.4) is 0 Å². The highest BCUT2D eigenvalue weighted by Gasteiger charge is 2.35. The van der Waals surface area contributed by atoms with Crippen molar-refractivity contribution in [3.8, 4) is 56.4 Å². The number of aromatic nitrogens is 3. The Morgan fingerprint density at radius 1 is 0.434 bits per heavy atom. The third-order valence-corrected chi connectivity index (χ3v) is 12.1. The highest BCUT2D eigenvalue weighted by Crippen LogP contribution is 2.50. The molecule has 3 aromatic heterocycles. The lowest BCUT2D eigenvalue weighted by molar-refractivity contribution is 0.660. The van der Waals surface area contributed by atoms with Gasteiger partial charge in [0.15, 0.2) is 17.5 Å². The topological polar surface area (TPSA) is 51.8 Å². The summed E-state index contributed by atoms with van der Waals surface area (Å²) in [5.41, 5.74) is 12.1. The molecule has 0 amide bonds. The van der Waals surface area contributed by atoms with Gasteiger partial charge in [0.2, 0.25) is 0 Å². The van der Waals surface area contributed by atoms with Crippen molar-refractivity contribution in [2.75, 3.05) is 0 Å². The molecular weight excluding hydrogens is 667 g/mol. The molecule has 0 spiro atoms. The first-order valence-electron chi connectivity index (χ1n) is 17.9. The zero-order valence-corrected chi connectivity index (χ0v) is 29.9. The van der Waals surface area contributed by atoms with E-state index in [0.29, 0.717) is 17.5 Å². The molecule has 10 aromatic rings. The molecule has 0 unspecified atom stereocenters. The Kier molecular flexibility index (Phi) is 6.43. The Labute approximate surface area is 310 Å². The lowest BCUT2D eigenvalue weighted by atomic mass is 9.81. The van der Waals surface area contributed by atoms with E-state index in [0.717, 1.165) is 44.2 Å². The maximum atomic E-state index is 6.49. The van der Waals surface area contributed by atoms with Gasteiger partial charge in [0.25, 0.3) is 0 Å². The highest BCUT2D eigenvalue weighted by molar-refractivity contribution is 7.25. The molecule has 0 bridgehead atoms. The van der Waals surface area contributed by atoms with Crippen LogP contribution >= 0.6 is 11.3 Å². The van der Waals surface area contributed by atoms with Crippen molar-refractivity contribution in [2.24, 2.45) is 0 Å². The Bertz CT molecular complexity index is 3100. The van der Waals surface area contributed by atoms with Gasteiger partial charge in [-0.15, -0.1) is 11.3 Å². The van der Waals surface area contributed by atoms with Crippen LogP contribution in [0.1, 0.15) is 25.0 Å². The Balaban J connectivity index is 1.09. The third-order valence-electron chi connectivity index (χ3n) is 11.0. The van der Waals surface area contributed by atoms with Crippen molar-refractivity contribution in [1.29, 1.82) is 0 Å². The standard InChI is InChI=1S/C48H31N3OS/c1-48(2)38-16-8-6-13-32(38)33-22-19-30(26-39(33)48)29-21-24-40-37(25-29)44-36(15-10-17-41(44)52-40)47-50-45(28-11-4-3-5-12-28)49-46(51-47)31-20-23-35-34-14-7-9-18-42(34)53-43(35)27-31/h3-27H,1-2H3. The first-order valence-corrected chi connectivity index (χ1v) is 18.7. The molecule has 0 saturated carbocycles. The molecule has 1 aliphatic carbocycles. The lowest BCUT2D eigenvalue weighted by Crippen LogP contribution is -2.14. The molecular formula is C48H31N3OS. The van der Waals surface area contributed by atoms with Crippen molar-refractivity contribution in [3.63, 3.8) is 0 Å². The molecule has 4 nitrogen and oxygen atoms in total. The number of furan rings is 1. The van der Waals surface area contributed by atoms with Crippen molar-refractivity contribution >= 4 is 53.4 Å². The third kappa shape index (κ3) is 4.64. The number of fused-ring (bicyclic) bond motifs is 9. The zero-order chi connectivity index (χ0) is 35.3. The molecule has 3 heterocycles. The van der Waals surface area contributed by atoms with E-state index in [9.17, 15) is 0 Å². The highest BCUT2D eigenvalue weighted by atomic mass is 32.1. The number of hydrogen-bond donors (Lipinski definition) is 0. The average Bonchev–Trinajstić information content (AvgIpc) is 3.85. The van der Waals surface area contributed by atoms with Crippen LogP contribution in [0.15, 0.2) is 156 Å². The zero-order valence-electron chi connectivity index (χ0n) is 29.1. The van der Waals surface area contributed by atoms with E-state index in [2.05, 4.69) is 135 Å². The van der Waals surface area contributed by atoms with E-state index < -0.39 is 0 Å². The quantitative estimate of drug-likeness (QED) is 0.184. The first kappa shape index (κ1) is 30.2. The fourth-order valence-corrected chi connectivity index (χ4v) is 9.43. The van der Waals surface area contributed by atoms with Gasteiger partial charge in [-0.2, -0.15) is 0 Å². The first-order chi connectivity index (χ1) is 26.0. The van der Waals surface area contributed by atoms with Gasteiger partial charge >= 0.3 is 0 Å². The lowest BCUT2D eigenvalue weighted by Gasteiger charge is -2.22. The molecule has 11 rings (SSSR count). The fraction of sp³-hybridized carbons (Fsp3) is 0.0625. The smallest absolute Gasteiger partial charge is 0.164 e. The van der Waals surface area contributed by atoms with Crippen LogP contribution in [0.25, 0.3) is 98.5 Å². The van der Waals surface area contributed by atoms with E-state index >= 15 is 0 Å². The van der Waals surface area contributed by atoms with Crippen molar-refractivity contribution < 1.29 is 4.42 Å². The maximum absolute atomic E-state index is 6.49. The van der Waals surface area contributed by atoms with Crippen molar-refractivity contribution in [3.05, 3.63) is 163 Å². The molecule has 1 aliphatic rings. The SMILES string of the molecule is CC1(C)c2ccccc2-c2ccc(-c3ccc4oc5cccc(-c6nc(-c7ccccc7)nc(-c7ccc8c(c7)sc7ccccc78)n6)c5c4c3)cc21. The second kappa shape index (κ2) is 11.3. The van der Waals surface area contributed by atoms with Crippen molar-refractivity contribution in [2.45, 2.75) is 19.3 Å². The molecule has 0 N–H and O–H groups in total. The van der Waals surface area contributed by atoms with E-state index in [-0.39, 0.29) is 5.41 Å². The van der Waals surface area contributed by atoms with Gasteiger partial charge in [0.05, 0.1) is 0 Å². The summed E-state index contributed by atoms with van der Waals surface area (Å²) in [6, 6.07) is 53.6. The summed E-state index contributed by atoms with van der Waals surface area (Å²) in [5.74, 6) is 1.88. The minimum absolute atomic E-state index is 0.0735. The van der Waals surface area contributed by atoms with E-state index in [1.54, 1.807) is 11.3 Å². The van der Waals surface area contributed by atoms with Crippen LogP contribution in [-0.4, -0.2) is 15.0 Å². The van der Waals surface area contributed by atoms with Gasteiger partial charge in [-0.1, -0.05) is 129 Å². The summed E-state index contributed by atoms with van der Waals surface area (Å²) in [6.07, 6.45) is 0. The largest absolute Gasteiger partial charge is 0.456 e. The molecule has 5 heteroatoms. The number of thiophene rings is 1. The van der Waals surface area contributed by atoms with Gasteiger partial charge < -0.3 is 4.42 Å². The van der Waals surface area contributed by atoms with Crippen LogP contribution in [-0.2, 0) is 5.41 Å². The maximum Gasteiger partial charge on any atom is 0.164 e. The van der Waals surface area contributed by atoms with Crippen molar-refractivity contribution in [1.82, 2.24) is 15.0 Å². The summed E-state index contributed by atoms with van der Waals surface area (Å²) in [4.78, 5) is 15.4. The molecule has 7 aromatic carbocycles. The Morgan fingerprint density at radius 3 is 2.02 bits per heavy atom. The molecule has 53 heavy (non-hydrogen) atoms. The molecule has 0 fully saturated rings. The molecule has 0 radical (unpaired) electrons. The Morgan fingerprint density at radius 2 is 1.11 bits per heavy atom. The number of nitrogens with zero attached hydrogens (tertiary/aromatic N) is 3. The molecule has 0 atom stereocenters. The average molecular weight is 698 g/mol. The number of hydrogen-bond acceptors (Lipinski definition) is 5. The summed E-state index contributed by atoms with van der Waals surface area (Å²) in [6.45, 7) is 4.65. The minimum Gasteiger partial charge on any atom is -0.456 e. The van der Waals surface area contributed by atoms with Gasteiger partial charge in [-0.25, -0.2) is 15.0 Å². The number of benzene rings is 7. The molecule has 250 valence electrons. The van der Waals surface area contributed by atoms with Gasteiger partial charge in [-0.3, -0.25) is 0 Å².